The van der Waals surface area contributed by atoms with E-state index in [2.05, 4.69) is 10.8 Å². The fourth-order valence-electron chi connectivity index (χ4n) is 2.36. The molecule has 0 fully saturated rings. The molecule has 2 rings (SSSR count). The minimum absolute atomic E-state index is 0.0139. The summed E-state index contributed by atoms with van der Waals surface area (Å²) in [6.07, 6.45) is 7.37. The zero-order valence-corrected chi connectivity index (χ0v) is 12.5. The fourth-order valence-corrected chi connectivity index (χ4v) is 3.43. The van der Waals surface area contributed by atoms with Gasteiger partial charge in [0.25, 0.3) is 0 Å². The molecule has 1 aliphatic carbocycles. The van der Waals surface area contributed by atoms with Crippen molar-refractivity contribution in [3.05, 3.63) is 41.5 Å². The summed E-state index contributed by atoms with van der Waals surface area (Å²) in [4.78, 5) is 10.9. The normalized spacial score (nSPS) is 15.5. The van der Waals surface area contributed by atoms with Gasteiger partial charge in [-0.3, -0.25) is 0 Å². The van der Waals surface area contributed by atoms with Crippen LogP contribution in [0.4, 0.5) is 0 Å². The lowest BCUT2D eigenvalue weighted by Crippen LogP contribution is -2.25. The van der Waals surface area contributed by atoms with E-state index in [1.165, 1.54) is 42.7 Å². The monoisotopic (exact) mass is 309 g/mol. The van der Waals surface area contributed by atoms with E-state index in [-0.39, 0.29) is 10.5 Å². The van der Waals surface area contributed by atoms with Gasteiger partial charge in [0.05, 0.1) is 10.5 Å². The molecule has 1 aromatic rings. The van der Waals surface area contributed by atoms with Crippen molar-refractivity contribution in [3.8, 4) is 0 Å². The van der Waals surface area contributed by atoms with Crippen molar-refractivity contribution in [2.45, 2.75) is 37.0 Å². The molecule has 0 atom stereocenters. The molecule has 0 bridgehead atoms. The molecule has 0 saturated heterocycles. The Labute approximate surface area is 124 Å². The molecule has 2 N–H and O–H groups in total. The fraction of sp³-hybridized carbons (Fsp3) is 0.400. The first-order valence-corrected chi connectivity index (χ1v) is 8.48. The Morgan fingerprint density at radius 3 is 2.76 bits per heavy atom. The quantitative estimate of drug-likeness (QED) is 0.791. The molecule has 0 spiro atoms. The molecule has 0 unspecified atom stereocenters. The van der Waals surface area contributed by atoms with Crippen LogP contribution < -0.4 is 4.72 Å². The van der Waals surface area contributed by atoms with Crippen LogP contribution in [0.15, 0.2) is 40.8 Å². The second-order valence-corrected chi connectivity index (χ2v) is 6.86. The van der Waals surface area contributed by atoms with Crippen LogP contribution in [0.5, 0.6) is 0 Å². The van der Waals surface area contributed by atoms with Gasteiger partial charge in [0.2, 0.25) is 10.0 Å². The Morgan fingerprint density at radius 1 is 1.29 bits per heavy atom. The highest BCUT2D eigenvalue weighted by Gasteiger charge is 2.16. The number of carboxylic acids is 1. The minimum atomic E-state index is -3.66. The van der Waals surface area contributed by atoms with E-state index in [4.69, 9.17) is 5.11 Å². The van der Waals surface area contributed by atoms with Gasteiger partial charge in [-0.25, -0.2) is 17.9 Å². The average molecular weight is 309 g/mol. The summed E-state index contributed by atoms with van der Waals surface area (Å²) in [5.41, 5.74) is 1.26. The maximum absolute atomic E-state index is 12.1. The number of sulfonamides is 1. The van der Waals surface area contributed by atoms with Crippen molar-refractivity contribution in [3.63, 3.8) is 0 Å². The Balaban J connectivity index is 1.99. The lowest BCUT2D eigenvalue weighted by molar-refractivity contribution is 0.0696. The summed E-state index contributed by atoms with van der Waals surface area (Å²) in [6, 6.07) is 5.37. The van der Waals surface area contributed by atoms with Crippen LogP contribution in [0.1, 0.15) is 42.5 Å². The summed E-state index contributed by atoms with van der Waals surface area (Å²) >= 11 is 0. The summed E-state index contributed by atoms with van der Waals surface area (Å²) in [7, 11) is -3.66. The highest BCUT2D eigenvalue weighted by molar-refractivity contribution is 7.89. The molecule has 6 heteroatoms. The zero-order chi connectivity index (χ0) is 15.3. The number of rotatable bonds is 6. The van der Waals surface area contributed by atoms with Gasteiger partial charge in [-0.2, -0.15) is 0 Å². The average Bonchev–Trinajstić information content (AvgIpc) is 2.48. The number of allylic oxidation sites excluding steroid dienone is 1. The molecular formula is C15H19NO4S. The molecule has 0 aliphatic heterocycles. The minimum Gasteiger partial charge on any atom is -0.478 e. The van der Waals surface area contributed by atoms with E-state index in [1.54, 1.807) is 0 Å². The van der Waals surface area contributed by atoms with Crippen LogP contribution in [0.3, 0.4) is 0 Å². The molecule has 21 heavy (non-hydrogen) atoms. The van der Waals surface area contributed by atoms with Gasteiger partial charge in [0.15, 0.2) is 0 Å². The first kappa shape index (κ1) is 15.7. The van der Waals surface area contributed by atoms with E-state index in [9.17, 15) is 13.2 Å². The maximum atomic E-state index is 12.1. The first-order valence-electron chi connectivity index (χ1n) is 7.00. The second-order valence-electron chi connectivity index (χ2n) is 5.09. The molecular weight excluding hydrogens is 290 g/mol. The van der Waals surface area contributed by atoms with Crippen molar-refractivity contribution in [2.24, 2.45) is 0 Å². The van der Waals surface area contributed by atoms with E-state index in [1.807, 2.05) is 0 Å². The van der Waals surface area contributed by atoms with Gasteiger partial charge in [-0.05, 0) is 50.3 Å². The van der Waals surface area contributed by atoms with E-state index >= 15 is 0 Å². The van der Waals surface area contributed by atoms with Gasteiger partial charge >= 0.3 is 5.97 Å². The van der Waals surface area contributed by atoms with Gasteiger partial charge < -0.3 is 5.11 Å². The SMILES string of the molecule is O=C(O)c1cccc(S(=O)(=O)NCCC2=CCCCC2)c1. The smallest absolute Gasteiger partial charge is 0.335 e. The third kappa shape index (κ3) is 4.41. The van der Waals surface area contributed by atoms with Crippen molar-refractivity contribution in [1.29, 1.82) is 0 Å². The maximum Gasteiger partial charge on any atom is 0.335 e. The number of benzene rings is 1. The standard InChI is InChI=1S/C15H19NO4S/c17-15(18)13-7-4-8-14(11-13)21(19,20)16-10-9-12-5-2-1-3-6-12/h4-5,7-8,11,16H,1-3,6,9-10H2,(H,17,18). The molecule has 0 heterocycles. The summed E-state index contributed by atoms with van der Waals surface area (Å²) in [5, 5.41) is 8.90. The number of nitrogens with one attached hydrogen (secondary N) is 1. The van der Waals surface area contributed by atoms with Crippen LogP contribution in [0, 0.1) is 0 Å². The highest BCUT2D eigenvalue weighted by Crippen LogP contribution is 2.20. The number of aromatic carboxylic acids is 1. The Hall–Kier alpha value is -1.66. The number of carbonyl (C=O) groups is 1. The van der Waals surface area contributed by atoms with Crippen molar-refractivity contribution < 1.29 is 18.3 Å². The lowest BCUT2D eigenvalue weighted by Gasteiger charge is -2.13. The molecule has 0 amide bonds. The van der Waals surface area contributed by atoms with Crippen LogP contribution in [-0.4, -0.2) is 26.0 Å². The van der Waals surface area contributed by atoms with Gasteiger partial charge in [0.1, 0.15) is 0 Å². The van der Waals surface area contributed by atoms with E-state index in [0.717, 1.165) is 12.8 Å². The van der Waals surface area contributed by atoms with Crippen LogP contribution in [0.25, 0.3) is 0 Å². The van der Waals surface area contributed by atoms with Crippen molar-refractivity contribution in [2.75, 3.05) is 6.54 Å². The van der Waals surface area contributed by atoms with Crippen LogP contribution in [0.2, 0.25) is 0 Å². The molecule has 0 aromatic heterocycles. The molecule has 1 aromatic carbocycles. The molecule has 5 nitrogen and oxygen atoms in total. The summed E-state index contributed by atoms with van der Waals surface area (Å²) < 4.78 is 26.8. The molecule has 0 saturated carbocycles. The summed E-state index contributed by atoms with van der Waals surface area (Å²) in [5.74, 6) is -1.14. The molecule has 0 radical (unpaired) electrons. The van der Waals surface area contributed by atoms with Gasteiger partial charge in [-0.1, -0.05) is 17.7 Å². The molecule has 1 aliphatic rings. The van der Waals surface area contributed by atoms with Crippen LogP contribution >= 0.6 is 0 Å². The third-order valence-electron chi connectivity index (χ3n) is 3.51. The number of carboxylic acid groups (broad SMARTS) is 1. The van der Waals surface area contributed by atoms with Gasteiger partial charge in [0, 0.05) is 6.54 Å². The summed E-state index contributed by atoms with van der Waals surface area (Å²) in [6.45, 7) is 0.339. The second kappa shape index (κ2) is 6.87. The zero-order valence-electron chi connectivity index (χ0n) is 11.7. The molecule has 114 valence electrons. The first-order chi connectivity index (χ1) is 9.99. The van der Waals surface area contributed by atoms with Crippen LogP contribution in [-0.2, 0) is 10.0 Å². The predicted octanol–water partition coefficient (Wildman–Crippen LogP) is 2.55. The third-order valence-corrected chi connectivity index (χ3v) is 4.97. The highest BCUT2D eigenvalue weighted by atomic mass is 32.2. The number of hydrogen-bond acceptors (Lipinski definition) is 3. The van der Waals surface area contributed by atoms with Crippen molar-refractivity contribution >= 4 is 16.0 Å². The van der Waals surface area contributed by atoms with E-state index < -0.39 is 16.0 Å². The Morgan fingerprint density at radius 2 is 2.10 bits per heavy atom. The predicted molar refractivity (Wildman–Crippen MR) is 79.8 cm³/mol. The van der Waals surface area contributed by atoms with E-state index in [0.29, 0.717) is 13.0 Å². The lowest BCUT2D eigenvalue weighted by atomic mass is 9.97. The Bertz CT molecular complexity index is 649. The van der Waals surface area contributed by atoms with Gasteiger partial charge in [-0.15, -0.1) is 0 Å². The van der Waals surface area contributed by atoms with Crippen molar-refractivity contribution in [1.82, 2.24) is 4.72 Å². The topological polar surface area (TPSA) is 83.5 Å². The largest absolute Gasteiger partial charge is 0.478 e. The Kier molecular flexibility index (Phi) is 5.14. The number of hydrogen-bond donors (Lipinski definition) is 2.